The Morgan fingerprint density at radius 2 is 2.00 bits per heavy atom. The van der Waals surface area contributed by atoms with Crippen LogP contribution in [0.15, 0.2) is 0 Å². The van der Waals surface area contributed by atoms with Crippen LogP contribution in [0.2, 0.25) is 0 Å². The van der Waals surface area contributed by atoms with Crippen molar-refractivity contribution in [2.75, 3.05) is 6.61 Å². The zero-order valence-corrected chi connectivity index (χ0v) is 9.18. The molecule has 0 unspecified atom stereocenters. The molecule has 1 saturated carbocycles. The van der Waals surface area contributed by atoms with Crippen LogP contribution in [0.1, 0.15) is 46.0 Å². The number of carbonyl (C=O) groups excluding carboxylic acids is 1. The van der Waals surface area contributed by atoms with Crippen LogP contribution < -0.4 is 5.32 Å². The first kappa shape index (κ1) is 11.5. The second-order valence-corrected chi connectivity index (χ2v) is 4.29. The molecule has 82 valence electrons. The lowest BCUT2D eigenvalue weighted by atomic mass is 9.77. The molecule has 2 N–H and O–H groups in total. The Morgan fingerprint density at radius 1 is 1.43 bits per heavy atom. The summed E-state index contributed by atoms with van der Waals surface area (Å²) in [6.07, 6.45) is 4.72. The summed E-state index contributed by atoms with van der Waals surface area (Å²) >= 11 is 0. The lowest BCUT2D eigenvalue weighted by Crippen LogP contribution is -2.57. The van der Waals surface area contributed by atoms with Crippen molar-refractivity contribution in [3.8, 4) is 0 Å². The van der Waals surface area contributed by atoms with Crippen molar-refractivity contribution in [2.45, 2.75) is 51.5 Å². The first-order chi connectivity index (χ1) is 6.67. The molecular formula is C11H21NO2. The molecule has 3 heteroatoms. The van der Waals surface area contributed by atoms with E-state index in [-0.39, 0.29) is 24.0 Å². The van der Waals surface area contributed by atoms with Crippen LogP contribution in [-0.4, -0.2) is 23.2 Å². The van der Waals surface area contributed by atoms with Crippen molar-refractivity contribution in [3.05, 3.63) is 0 Å². The Bertz CT molecular complexity index is 190. The summed E-state index contributed by atoms with van der Waals surface area (Å²) in [7, 11) is 0. The van der Waals surface area contributed by atoms with Gasteiger partial charge in [-0.15, -0.1) is 0 Å². The Hall–Kier alpha value is -0.570. The number of aliphatic hydroxyl groups excluding tert-OH is 1. The van der Waals surface area contributed by atoms with E-state index in [2.05, 4.69) is 5.32 Å². The number of hydrogen-bond acceptors (Lipinski definition) is 2. The predicted molar refractivity (Wildman–Crippen MR) is 55.9 cm³/mol. The molecule has 0 spiro atoms. The minimum atomic E-state index is -0.278. The van der Waals surface area contributed by atoms with E-state index in [1.54, 1.807) is 0 Å². The third kappa shape index (κ3) is 2.27. The maximum Gasteiger partial charge on any atom is 0.223 e. The number of hydrogen-bond donors (Lipinski definition) is 2. The molecule has 1 aliphatic rings. The molecule has 14 heavy (non-hydrogen) atoms. The lowest BCUT2D eigenvalue weighted by molar-refractivity contribution is -0.129. The summed E-state index contributed by atoms with van der Waals surface area (Å²) in [4.78, 5) is 11.8. The van der Waals surface area contributed by atoms with Gasteiger partial charge in [-0.2, -0.15) is 0 Å². The van der Waals surface area contributed by atoms with E-state index in [0.717, 1.165) is 32.1 Å². The highest BCUT2D eigenvalue weighted by molar-refractivity contribution is 5.79. The Morgan fingerprint density at radius 3 is 2.29 bits per heavy atom. The van der Waals surface area contributed by atoms with Gasteiger partial charge in [-0.05, 0) is 32.1 Å². The third-order valence-corrected chi connectivity index (χ3v) is 3.36. The topological polar surface area (TPSA) is 49.3 Å². The second kappa shape index (κ2) is 4.78. The van der Waals surface area contributed by atoms with Gasteiger partial charge in [0.05, 0.1) is 12.1 Å². The fourth-order valence-corrected chi connectivity index (χ4v) is 1.95. The van der Waals surface area contributed by atoms with E-state index in [1.165, 1.54) is 0 Å². The van der Waals surface area contributed by atoms with Crippen molar-refractivity contribution in [1.29, 1.82) is 0 Å². The van der Waals surface area contributed by atoms with E-state index < -0.39 is 0 Å². The Balaban J connectivity index is 2.46. The van der Waals surface area contributed by atoms with Crippen molar-refractivity contribution < 1.29 is 9.90 Å². The number of carbonyl (C=O) groups is 1. The van der Waals surface area contributed by atoms with Crippen LogP contribution in [0.5, 0.6) is 0 Å². The molecule has 1 fully saturated rings. The molecule has 0 aromatic rings. The van der Waals surface area contributed by atoms with Gasteiger partial charge in [0, 0.05) is 5.92 Å². The van der Waals surface area contributed by atoms with Gasteiger partial charge in [0.25, 0.3) is 0 Å². The highest BCUT2D eigenvalue weighted by Gasteiger charge is 2.38. The molecular weight excluding hydrogens is 178 g/mol. The standard InChI is InChI=1S/C11H21NO2/c1-3-9(4-2)10(14)12-11(8-13)6-5-7-11/h9,13H,3-8H2,1-2H3,(H,12,14). The molecule has 0 aromatic heterocycles. The van der Waals surface area contributed by atoms with Gasteiger partial charge in [0.2, 0.25) is 5.91 Å². The van der Waals surface area contributed by atoms with Gasteiger partial charge in [-0.1, -0.05) is 13.8 Å². The first-order valence-electron chi connectivity index (χ1n) is 5.60. The second-order valence-electron chi connectivity index (χ2n) is 4.29. The molecule has 0 aromatic carbocycles. The Labute approximate surface area is 85.9 Å². The number of aliphatic hydroxyl groups is 1. The lowest BCUT2D eigenvalue weighted by Gasteiger charge is -2.41. The van der Waals surface area contributed by atoms with E-state index in [4.69, 9.17) is 0 Å². The third-order valence-electron chi connectivity index (χ3n) is 3.36. The van der Waals surface area contributed by atoms with Crippen LogP contribution in [-0.2, 0) is 4.79 Å². The van der Waals surface area contributed by atoms with E-state index in [9.17, 15) is 9.90 Å². The average molecular weight is 199 g/mol. The largest absolute Gasteiger partial charge is 0.394 e. The minimum Gasteiger partial charge on any atom is -0.394 e. The molecule has 0 aliphatic heterocycles. The zero-order chi connectivity index (χ0) is 10.6. The van der Waals surface area contributed by atoms with E-state index in [0.29, 0.717) is 0 Å². The van der Waals surface area contributed by atoms with Crippen molar-refractivity contribution in [1.82, 2.24) is 5.32 Å². The minimum absolute atomic E-state index is 0.0822. The van der Waals surface area contributed by atoms with Crippen LogP contribution in [0.25, 0.3) is 0 Å². The molecule has 3 nitrogen and oxygen atoms in total. The molecule has 1 amide bonds. The molecule has 1 aliphatic carbocycles. The fourth-order valence-electron chi connectivity index (χ4n) is 1.95. The van der Waals surface area contributed by atoms with Gasteiger partial charge in [0.1, 0.15) is 0 Å². The van der Waals surface area contributed by atoms with Crippen molar-refractivity contribution in [3.63, 3.8) is 0 Å². The smallest absolute Gasteiger partial charge is 0.223 e. The number of nitrogens with one attached hydrogen (secondary N) is 1. The quantitative estimate of drug-likeness (QED) is 0.704. The molecule has 1 rings (SSSR count). The molecule has 0 bridgehead atoms. The summed E-state index contributed by atoms with van der Waals surface area (Å²) in [5, 5.41) is 12.2. The van der Waals surface area contributed by atoms with Gasteiger partial charge < -0.3 is 10.4 Å². The van der Waals surface area contributed by atoms with Crippen molar-refractivity contribution >= 4 is 5.91 Å². The monoisotopic (exact) mass is 199 g/mol. The van der Waals surface area contributed by atoms with Crippen LogP contribution in [0.3, 0.4) is 0 Å². The SMILES string of the molecule is CCC(CC)C(=O)NC1(CO)CCC1. The summed E-state index contributed by atoms with van der Waals surface area (Å²) in [5.74, 6) is 0.225. The van der Waals surface area contributed by atoms with E-state index in [1.807, 2.05) is 13.8 Å². The molecule has 0 saturated heterocycles. The predicted octanol–water partition coefficient (Wildman–Crippen LogP) is 1.45. The summed E-state index contributed by atoms with van der Waals surface area (Å²) in [5.41, 5.74) is -0.278. The van der Waals surface area contributed by atoms with Crippen LogP contribution in [0.4, 0.5) is 0 Å². The first-order valence-corrected chi connectivity index (χ1v) is 5.60. The van der Waals surface area contributed by atoms with E-state index >= 15 is 0 Å². The summed E-state index contributed by atoms with van der Waals surface area (Å²) in [6.45, 7) is 4.14. The van der Waals surface area contributed by atoms with Gasteiger partial charge >= 0.3 is 0 Å². The van der Waals surface area contributed by atoms with Gasteiger partial charge in [-0.3, -0.25) is 4.79 Å². The summed E-state index contributed by atoms with van der Waals surface area (Å²) in [6, 6.07) is 0. The maximum atomic E-state index is 11.8. The van der Waals surface area contributed by atoms with Crippen LogP contribution in [0, 0.1) is 5.92 Å². The highest BCUT2D eigenvalue weighted by Crippen LogP contribution is 2.31. The number of rotatable bonds is 5. The van der Waals surface area contributed by atoms with Crippen molar-refractivity contribution in [2.24, 2.45) is 5.92 Å². The summed E-state index contributed by atoms with van der Waals surface area (Å²) < 4.78 is 0. The fraction of sp³-hybridized carbons (Fsp3) is 0.909. The molecule has 0 heterocycles. The average Bonchev–Trinajstić information content (AvgIpc) is 2.13. The van der Waals surface area contributed by atoms with Crippen LogP contribution >= 0.6 is 0 Å². The van der Waals surface area contributed by atoms with Gasteiger partial charge in [0.15, 0.2) is 0 Å². The Kier molecular flexibility index (Phi) is 3.93. The highest BCUT2D eigenvalue weighted by atomic mass is 16.3. The number of amides is 1. The molecule has 0 radical (unpaired) electrons. The zero-order valence-electron chi connectivity index (χ0n) is 9.18. The van der Waals surface area contributed by atoms with Gasteiger partial charge in [-0.25, -0.2) is 0 Å². The normalized spacial score (nSPS) is 19.1. The molecule has 0 atom stereocenters. The maximum absolute atomic E-state index is 11.8.